The molecule has 2 aliphatic heterocycles. The van der Waals surface area contributed by atoms with Crippen LogP contribution < -0.4 is 5.32 Å². The van der Waals surface area contributed by atoms with Crippen molar-refractivity contribution in [2.45, 2.75) is 12.5 Å². The zero-order valence-corrected chi connectivity index (χ0v) is 10.5. The van der Waals surface area contributed by atoms with E-state index in [1.165, 1.54) is 13.0 Å². The van der Waals surface area contributed by atoms with Crippen LogP contribution in [0.1, 0.15) is 16.9 Å². The fourth-order valence-electron chi connectivity index (χ4n) is 3.13. The fraction of sp³-hybridized carbons (Fsp3) is 0.462. The topological polar surface area (TPSA) is 62.5 Å². The van der Waals surface area contributed by atoms with Crippen LogP contribution in [0.3, 0.4) is 0 Å². The molecule has 2 bridgehead atoms. The van der Waals surface area contributed by atoms with Crippen molar-refractivity contribution < 1.29 is 4.79 Å². The fourth-order valence-corrected chi connectivity index (χ4v) is 3.13. The average molecular weight is 257 g/mol. The van der Waals surface area contributed by atoms with Gasteiger partial charge in [-0.2, -0.15) is 0 Å². The molecule has 1 amide bonds. The van der Waals surface area contributed by atoms with E-state index in [1.54, 1.807) is 18.6 Å². The summed E-state index contributed by atoms with van der Waals surface area (Å²) in [5.74, 6) is 0.523. The molecule has 0 aliphatic carbocycles. The summed E-state index contributed by atoms with van der Waals surface area (Å²) in [5, 5.41) is 3.11. The highest BCUT2D eigenvalue weighted by Crippen LogP contribution is 2.27. The van der Waals surface area contributed by atoms with Crippen LogP contribution in [0, 0.1) is 5.92 Å². The minimum atomic E-state index is -0.0886. The molecule has 2 aliphatic rings. The number of piperidine rings is 1. The first-order chi connectivity index (χ1) is 9.29. The van der Waals surface area contributed by atoms with Crippen LogP contribution in [0.2, 0.25) is 0 Å². The van der Waals surface area contributed by atoms with Gasteiger partial charge in [-0.15, -0.1) is 0 Å². The smallest absolute Gasteiger partial charge is 0.271 e. The predicted octanol–water partition coefficient (Wildman–Crippen LogP) is 0.163. The molecule has 3 unspecified atom stereocenters. The van der Waals surface area contributed by atoms with Crippen LogP contribution in [0.5, 0.6) is 0 Å². The lowest BCUT2D eigenvalue weighted by Crippen LogP contribution is -2.43. The summed E-state index contributed by atoms with van der Waals surface area (Å²) in [5.41, 5.74) is 1.20. The second-order valence-corrected chi connectivity index (χ2v) is 5.35. The number of carbonyl (C=O) groups excluding carboxylic acids is 1. The molecular weight excluding hydrogens is 242 g/mol. The molecule has 4 rings (SSSR count). The second kappa shape index (κ2) is 4.03. The number of fused-ring (bicyclic) bond motifs is 3. The van der Waals surface area contributed by atoms with Crippen LogP contribution >= 0.6 is 0 Å². The van der Waals surface area contributed by atoms with E-state index in [0.717, 1.165) is 18.7 Å². The van der Waals surface area contributed by atoms with Gasteiger partial charge in [0.1, 0.15) is 5.69 Å². The van der Waals surface area contributed by atoms with Crippen molar-refractivity contribution in [3.8, 4) is 0 Å². The van der Waals surface area contributed by atoms with Crippen LogP contribution in [-0.4, -0.2) is 50.9 Å². The molecule has 3 atom stereocenters. The lowest BCUT2D eigenvalue weighted by atomic mass is 10.00. The molecule has 2 saturated heterocycles. The maximum Gasteiger partial charge on any atom is 0.271 e. The highest BCUT2D eigenvalue weighted by Gasteiger charge is 2.38. The maximum atomic E-state index is 12.2. The molecule has 0 saturated carbocycles. The first kappa shape index (κ1) is 10.9. The Balaban J connectivity index is 1.53. The molecule has 2 fully saturated rings. The lowest BCUT2D eigenvalue weighted by Gasteiger charge is -2.22. The summed E-state index contributed by atoms with van der Waals surface area (Å²) in [7, 11) is 0. The van der Waals surface area contributed by atoms with Gasteiger partial charge < -0.3 is 14.6 Å². The van der Waals surface area contributed by atoms with Crippen molar-refractivity contribution in [1.82, 2.24) is 24.6 Å². The molecule has 98 valence electrons. The minimum Gasteiger partial charge on any atom is -0.346 e. The highest BCUT2D eigenvalue weighted by atomic mass is 16.2. The molecule has 2 aromatic rings. The van der Waals surface area contributed by atoms with Crippen LogP contribution in [0.15, 0.2) is 24.8 Å². The Hall–Kier alpha value is -1.95. The van der Waals surface area contributed by atoms with Crippen molar-refractivity contribution in [1.29, 1.82) is 0 Å². The SMILES string of the molecule is O=C(NC1CN2CCC1C2)c1cn2ccnc2cn1. The van der Waals surface area contributed by atoms with Gasteiger partial charge in [0.15, 0.2) is 5.65 Å². The normalized spacial score (nSPS) is 28.9. The van der Waals surface area contributed by atoms with Gasteiger partial charge in [0.05, 0.1) is 6.20 Å². The van der Waals surface area contributed by atoms with Gasteiger partial charge in [0.2, 0.25) is 0 Å². The number of amides is 1. The zero-order valence-electron chi connectivity index (χ0n) is 10.5. The van der Waals surface area contributed by atoms with E-state index in [2.05, 4.69) is 20.2 Å². The van der Waals surface area contributed by atoms with E-state index in [4.69, 9.17) is 0 Å². The Morgan fingerprint density at radius 2 is 2.32 bits per heavy atom. The maximum absolute atomic E-state index is 12.2. The Labute approximate surface area is 110 Å². The number of nitrogens with one attached hydrogen (secondary N) is 1. The minimum absolute atomic E-state index is 0.0886. The number of rotatable bonds is 2. The summed E-state index contributed by atoms with van der Waals surface area (Å²) < 4.78 is 1.81. The van der Waals surface area contributed by atoms with Crippen LogP contribution in [0.4, 0.5) is 0 Å². The van der Waals surface area contributed by atoms with Gasteiger partial charge in [0.25, 0.3) is 5.91 Å². The molecule has 1 N–H and O–H groups in total. The Morgan fingerprint density at radius 1 is 1.37 bits per heavy atom. The summed E-state index contributed by atoms with van der Waals surface area (Å²) >= 11 is 0. The molecule has 4 heterocycles. The summed E-state index contributed by atoms with van der Waals surface area (Å²) in [6, 6.07) is 0.279. The first-order valence-corrected chi connectivity index (χ1v) is 6.61. The van der Waals surface area contributed by atoms with Crippen molar-refractivity contribution in [3.05, 3.63) is 30.5 Å². The van der Waals surface area contributed by atoms with E-state index < -0.39 is 0 Å². The molecule has 0 spiro atoms. The molecule has 19 heavy (non-hydrogen) atoms. The monoisotopic (exact) mass is 257 g/mol. The Kier molecular flexibility index (Phi) is 2.32. The molecule has 2 aromatic heterocycles. The third kappa shape index (κ3) is 1.79. The van der Waals surface area contributed by atoms with Crippen molar-refractivity contribution >= 4 is 11.6 Å². The number of hydrogen-bond donors (Lipinski definition) is 1. The average Bonchev–Trinajstić information content (AvgIpc) is 3.13. The third-order valence-electron chi connectivity index (χ3n) is 4.16. The molecule has 6 heteroatoms. The predicted molar refractivity (Wildman–Crippen MR) is 68.8 cm³/mol. The highest BCUT2D eigenvalue weighted by molar-refractivity contribution is 5.92. The van der Waals surface area contributed by atoms with E-state index in [0.29, 0.717) is 11.6 Å². The number of imidazole rings is 1. The summed E-state index contributed by atoms with van der Waals surface area (Å²) in [6.45, 7) is 3.28. The lowest BCUT2D eigenvalue weighted by molar-refractivity contribution is 0.0919. The van der Waals surface area contributed by atoms with Crippen LogP contribution in [-0.2, 0) is 0 Å². The van der Waals surface area contributed by atoms with Gasteiger partial charge >= 0.3 is 0 Å². The van der Waals surface area contributed by atoms with Gasteiger partial charge in [-0.1, -0.05) is 0 Å². The molecular formula is C13H15N5O. The largest absolute Gasteiger partial charge is 0.346 e. The number of carbonyl (C=O) groups is 1. The van der Waals surface area contributed by atoms with E-state index >= 15 is 0 Å². The standard InChI is InChI=1S/C13H15N5O/c19-13(16-10-7-17-3-1-9(10)6-17)11-8-18-4-2-14-12(18)5-15-11/h2,4-5,8-10H,1,3,6-7H2,(H,16,19). The first-order valence-electron chi connectivity index (χ1n) is 6.61. The summed E-state index contributed by atoms with van der Waals surface area (Å²) in [6.07, 6.45) is 8.06. The van der Waals surface area contributed by atoms with Gasteiger partial charge in [-0.3, -0.25) is 4.79 Å². The van der Waals surface area contributed by atoms with Gasteiger partial charge in [-0.25, -0.2) is 9.97 Å². The van der Waals surface area contributed by atoms with Crippen molar-refractivity contribution in [3.63, 3.8) is 0 Å². The van der Waals surface area contributed by atoms with Gasteiger partial charge in [-0.05, 0) is 18.9 Å². The number of nitrogens with zero attached hydrogens (tertiary/aromatic N) is 4. The quantitative estimate of drug-likeness (QED) is 0.832. The van der Waals surface area contributed by atoms with Gasteiger partial charge in [0, 0.05) is 37.7 Å². The van der Waals surface area contributed by atoms with Crippen LogP contribution in [0.25, 0.3) is 5.65 Å². The van der Waals surface area contributed by atoms with E-state index in [-0.39, 0.29) is 11.9 Å². The molecule has 0 aromatic carbocycles. The zero-order chi connectivity index (χ0) is 12.8. The van der Waals surface area contributed by atoms with Crippen molar-refractivity contribution in [2.75, 3.05) is 19.6 Å². The molecule has 0 radical (unpaired) electrons. The van der Waals surface area contributed by atoms with Crippen molar-refractivity contribution in [2.24, 2.45) is 5.92 Å². The number of hydrogen-bond acceptors (Lipinski definition) is 4. The third-order valence-corrected chi connectivity index (χ3v) is 4.16. The van der Waals surface area contributed by atoms with E-state index in [1.807, 2.05) is 10.6 Å². The molecule has 6 nitrogen and oxygen atoms in total. The Bertz CT molecular complexity index is 637. The number of aromatic nitrogens is 3. The second-order valence-electron chi connectivity index (χ2n) is 5.35. The summed E-state index contributed by atoms with van der Waals surface area (Å²) in [4.78, 5) is 22.9. The Morgan fingerprint density at radius 3 is 3.11 bits per heavy atom. The van der Waals surface area contributed by atoms with E-state index in [9.17, 15) is 4.79 Å².